The van der Waals surface area contributed by atoms with Crippen LogP contribution in [0.25, 0.3) is 0 Å². The van der Waals surface area contributed by atoms with E-state index in [2.05, 4.69) is 80.5 Å². The summed E-state index contributed by atoms with van der Waals surface area (Å²) >= 11 is 0. The van der Waals surface area contributed by atoms with E-state index in [1.165, 1.54) is 0 Å². The molecule has 2 saturated heterocycles. The van der Waals surface area contributed by atoms with Crippen molar-refractivity contribution in [1.29, 1.82) is 0 Å². The molecular formula is C19H30B2O4. The molecule has 2 fully saturated rings. The van der Waals surface area contributed by atoms with Crippen LogP contribution in [0.3, 0.4) is 0 Å². The molecule has 2 aliphatic heterocycles. The molecule has 0 aliphatic carbocycles. The zero-order valence-electron chi connectivity index (χ0n) is 17.0. The lowest BCUT2D eigenvalue weighted by atomic mass is 9.71. The van der Waals surface area contributed by atoms with Crippen LogP contribution < -0.4 is 10.9 Å². The van der Waals surface area contributed by atoms with Gasteiger partial charge in [-0.05, 0) is 73.2 Å². The maximum atomic E-state index is 6.20. The first-order chi connectivity index (χ1) is 11.2. The van der Waals surface area contributed by atoms with Crippen LogP contribution >= 0.6 is 0 Å². The number of rotatable bonds is 2. The van der Waals surface area contributed by atoms with Gasteiger partial charge in [0, 0.05) is 0 Å². The Labute approximate surface area is 152 Å². The minimum atomic E-state index is -0.383. The lowest BCUT2D eigenvalue weighted by Crippen LogP contribution is -2.41. The molecule has 0 bridgehead atoms. The Morgan fingerprint density at radius 1 is 0.560 bits per heavy atom. The molecule has 1 aromatic rings. The van der Waals surface area contributed by atoms with Crippen molar-refractivity contribution in [3.8, 4) is 0 Å². The van der Waals surface area contributed by atoms with Gasteiger partial charge in [-0.25, -0.2) is 0 Å². The summed E-state index contributed by atoms with van der Waals surface area (Å²) in [6.45, 7) is 18.6. The second-order valence-corrected chi connectivity index (χ2v) is 9.35. The van der Waals surface area contributed by atoms with Crippen LogP contribution in [0.2, 0.25) is 0 Å². The first-order valence-electron chi connectivity index (χ1n) is 9.07. The fraction of sp³-hybridized carbons (Fsp3) is 0.684. The summed E-state index contributed by atoms with van der Waals surface area (Å²) in [4.78, 5) is 0. The van der Waals surface area contributed by atoms with E-state index >= 15 is 0 Å². The highest BCUT2D eigenvalue weighted by atomic mass is 16.7. The van der Waals surface area contributed by atoms with Crippen molar-refractivity contribution in [2.45, 2.75) is 84.7 Å². The molecule has 0 aromatic heterocycles. The third kappa shape index (κ3) is 3.18. The molecule has 6 heteroatoms. The third-order valence-electron chi connectivity index (χ3n) is 6.17. The minimum absolute atomic E-state index is 0.355. The molecule has 0 N–H and O–H groups in total. The second kappa shape index (κ2) is 5.59. The van der Waals surface area contributed by atoms with E-state index < -0.39 is 0 Å². The van der Waals surface area contributed by atoms with Crippen molar-refractivity contribution in [3.63, 3.8) is 0 Å². The molecule has 3 rings (SSSR count). The normalized spacial score (nSPS) is 26.3. The Bertz CT molecular complexity index is 596. The molecule has 1 aromatic carbocycles. The Hall–Kier alpha value is -0.810. The van der Waals surface area contributed by atoms with Crippen LogP contribution in [-0.4, -0.2) is 36.6 Å². The zero-order valence-corrected chi connectivity index (χ0v) is 17.0. The van der Waals surface area contributed by atoms with Gasteiger partial charge in [-0.1, -0.05) is 23.8 Å². The van der Waals surface area contributed by atoms with Gasteiger partial charge in [0.25, 0.3) is 0 Å². The SMILES string of the molecule is Cc1cc(B2OC(C)(C)C(C)(C)O2)cc(B2OC(C)(C)C(C)(C)O2)c1. The predicted molar refractivity (Wildman–Crippen MR) is 103 cm³/mol. The van der Waals surface area contributed by atoms with Gasteiger partial charge in [-0.2, -0.15) is 0 Å². The first kappa shape index (κ1) is 19.0. The highest BCUT2D eigenvalue weighted by molar-refractivity contribution is 6.66. The van der Waals surface area contributed by atoms with E-state index in [4.69, 9.17) is 18.6 Å². The number of aryl methyl sites for hydroxylation is 1. The highest BCUT2D eigenvalue weighted by Crippen LogP contribution is 2.37. The fourth-order valence-electron chi connectivity index (χ4n) is 3.07. The number of benzene rings is 1. The lowest BCUT2D eigenvalue weighted by molar-refractivity contribution is 0.00578. The molecule has 2 heterocycles. The van der Waals surface area contributed by atoms with Crippen LogP contribution in [0, 0.1) is 6.92 Å². The number of hydrogen-bond donors (Lipinski definition) is 0. The maximum Gasteiger partial charge on any atom is 0.494 e. The number of hydrogen-bond acceptors (Lipinski definition) is 4. The second-order valence-electron chi connectivity index (χ2n) is 9.35. The molecule has 0 amide bonds. The highest BCUT2D eigenvalue weighted by Gasteiger charge is 2.53. The molecule has 0 spiro atoms. The Kier molecular flexibility index (Phi) is 4.24. The average Bonchev–Trinajstić information content (AvgIpc) is 2.78. The van der Waals surface area contributed by atoms with Crippen LogP contribution in [0.5, 0.6) is 0 Å². The lowest BCUT2D eigenvalue weighted by Gasteiger charge is -2.32. The molecule has 25 heavy (non-hydrogen) atoms. The fourth-order valence-corrected chi connectivity index (χ4v) is 3.07. The smallest absolute Gasteiger partial charge is 0.399 e. The van der Waals surface area contributed by atoms with Gasteiger partial charge >= 0.3 is 14.2 Å². The summed E-state index contributed by atoms with van der Waals surface area (Å²) in [5.74, 6) is 0. The summed E-state index contributed by atoms with van der Waals surface area (Å²) in [5.41, 5.74) is 1.72. The largest absolute Gasteiger partial charge is 0.494 e. The first-order valence-corrected chi connectivity index (χ1v) is 9.07. The maximum absolute atomic E-state index is 6.20. The predicted octanol–water partition coefficient (Wildman–Crippen LogP) is 2.59. The summed E-state index contributed by atoms with van der Waals surface area (Å²) in [7, 11) is -0.767. The van der Waals surface area contributed by atoms with Crippen LogP contribution in [-0.2, 0) is 18.6 Å². The van der Waals surface area contributed by atoms with Gasteiger partial charge in [0.1, 0.15) is 0 Å². The van der Waals surface area contributed by atoms with Gasteiger partial charge in [-0.3, -0.25) is 0 Å². The molecule has 4 nitrogen and oxygen atoms in total. The van der Waals surface area contributed by atoms with E-state index in [9.17, 15) is 0 Å². The van der Waals surface area contributed by atoms with Crippen molar-refractivity contribution in [1.82, 2.24) is 0 Å². The van der Waals surface area contributed by atoms with Crippen LogP contribution in [0.4, 0.5) is 0 Å². The quantitative estimate of drug-likeness (QED) is 0.773. The molecule has 136 valence electrons. The van der Waals surface area contributed by atoms with Crippen molar-refractivity contribution in [2.24, 2.45) is 0 Å². The molecule has 2 aliphatic rings. The standard InChI is InChI=1S/C19H30B2O4/c1-13-10-14(20-22-16(2,3)17(4,5)23-20)12-15(11-13)21-24-18(6,7)19(8,9)25-21/h10-12H,1-9H3. The third-order valence-corrected chi connectivity index (χ3v) is 6.17. The monoisotopic (exact) mass is 344 g/mol. The molecule has 0 unspecified atom stereocenters. The van der Waals surface area contributed by atoms with E-state index in [1.54, 1.807) is 0 Å². The van der Waals surface area contributed by atoms with E-state index in [0.29, 0.717) is 0 Å². The molecule has 0 saturated carbocycles. The Balaban J connectivity index is 1.91. The van der Waals surface area contributed by atoms with Gasteiger partial charge in [0.05, 0.1) is 22.4 Å². The van der Waals surface area contributed by atoms with Gasteiger partial charge < -0.3 is 18.6 Å². The van der Waals surface area contributed by atoms with Crippen LogP contribution in [0.1, 0.15) is 61.0 Å². The summed E-state index contributed by atoms with van der Waals surface area (Å²) < 4.78 is 24.8. The Morgan fingerprint density at radius 3 is 1.12 bits per heavy atom. The summed E-state index contributed by atoms with van der Waals surface area (Å²) in [5, 5.41) is 0. The van der Waals surface area contributed by atoms with Crippen molar-refractivity contribution in [3.05, 3.63) is 23.8 Å². The Morgan fingerprint density at radius 2 is 0.840 bits per heavy atom. The van der Waals surface area contributed by atoms with Crippen molar-refractivity contribution < 1.29 is 18.6 Å². The molecule has 0 atom stereocenters. The molecular weight excluding hydrogens is 314 g/mol. The van der Waals surface area contributed by atoms with Gasteiger partial charge in [0.15, 0.2) is 0 Å². The van der Waals surface area contributed by atoms with E-state index in [0.717, 1.165) is 16.5 Å². The van der Waals surface area contributed by atoms with E-state index in [-0.39, 0.29) is 36.6 Å². The van der Waals surface area contributed by atoms with Crippen molar-refractivity contribution >= 4 is 25.2 Å². The van der Waals surface area contributed by atoms with Gasteiger partial charge in [-0.15, -0.1) is 0 Å². The van der Waals surface area contributed by atoms with Crippen molar-refractivity contribution in [2.75, 3.05) is 0 Å². The average molecular weight is 344 g/mol. The summed E-state index contributed by atoms with van der Waals surface area (Å²) in [6, 6.07) is 6.30. The van der Waals surface area contributed by atoms with Crippen LogP contribution in [0.15, 0.2) is 18.2 Å². The minimum Gasteiger partial charge on any atom is -0.399 e. The van der Waals surface area contributed by atoms with Gasteiger partial charge in [0.2, 0.25) is 0 Å². The molecule has 0 radical (unpaired) electrons. The zero-order chi connectivity index (χ0) is 18.8. The summed E-state index contributed by atoms with van der Waals surface area (Å²) in [6.07, 6.45) is 0. The topological polar surface area (TPSA) is 36.9 Å². The van der Waals surface area contributed by atoms with E-state index in [1.807, 2.05) is 0 Å².